The minimum atomic E-state index is -0.414. The van der Waals surface area contributed by atoms with Crippen molar-refractivity contribution in [3.05, 3.63) is 17.7 Å². The first-order valence-electron chi connectivity index (χ1n) is 8.28. The van der Waals surface area contributed by atoms with Crippen LogP contribution in [0.5, 0.6) is 0 Å². The largest absolute Gasteiger partial charge is 0.334 e. The average Bonchev–Trinajstić information content (AvgIpc) is 3.08. The van der Waals surface area contributed by atoms with E-state index in [0.29, 0.717) is 18.9 Å². The van der Waals surface area contributed by atoms with Crippen LogP contribution < -0.4 is 0 Å². The van der Waals surface area contributed by atoms with Crippen molar-refractivity contribution < 1.29 is 9.59 Å². The molecular weight excluding hydrogens is 294 g/mol. The molecule has 1 fully saturated rings. The topological polar surface area (TPSA) is 61.7 Å². The molecular formula is C16H25N5O2. The molecule has 2 aliphatic rings. The van der Waals surface area contributed by atoms with E-state index < -0.39 is 6.04 Å². The number of hydrogen-bond donors (Lipinski definition) is 0. The van der Waals surface area contributed by atoms with E-state index in [4.69, 9.17) is 0 Å². The highest BCUT2D eigenvalue weighted by Gasteiger charge is 2.39. The first-order chi connectivity index (χ1) is 11.0. The van der Waals surface area contributed by atoms with Crippen LogP contribution in [-0.4, -0.2) is 76.0 Å². The third-order valence-corrected chi connectivity index (χ3v) is 4.67. The molecule has 0 N–H and O–H groups in total. The Morgan fingerprint density at radius 2 is 2.17 bits per heavy atom. The van der Waals surface area contributed by atoms with E-state index in [1.165, 1.54) is 0 Å². The van der Waals surface area contributed by atoms with Gasteiger partial charge in [0.15, 0.2) is 0 Å². The number of imidazole rings is 1. The van der Waals surface area contributed by atoms with E-state index in [1.54, 1.807) is 16.7 Å². The SMILES string of the molecule is CC1C(=O)N(CCN(C)C)CN1C(=O)c1cn2c(n1)CCCC2. The molecule has 7 heteroatoms. The van der Waals surface area contributed by atoms with Gasteiger partial charge < -0.3 is 19.3 Å². The number of likely N-dealkylation sites (N-methyl/N-ethyl adjacent to an activating group) is 1. The molecule has 126 valence electrons. The summed E-state index contributed by atoms with van der Waals surface area (Å²) in [5.41, 5.74) is 0.469. The van der Waals surface area contributed by atoms with Gasteiger partial charge in [0.05, 0.1) is 6.67 Å². The van der Waals surface area contributed by atoms with Gasteiger partial charge in [-0.3, -0.25) is 9.59 Å². The lowest BCUT2D eigenvalue weighted by Gasteiger charge is -2.20. The van der Waals surface area contributed by atoms with E-state index in [-0.39, 0.29) is 11.8 Å². The van der Waals surface area contributed by atoms with Gasteiger partial charge in [-0.1, -0.05) is 0 Å². The van der Waals surface area contributed by atoms with Crippen molar-refractivity contribution in [1.82, 2.24) is 24.3 Å². The third kappa shape index (κ3) is 3.10. The maximum Gasteiger partial charge on any atom is 0.276 e. The highest BCUT2D eigenvalue weighted by atomic mass is 16.2. The van der Waals surface area contributed by atoms with Crippen molar-refractivity contribution in [2.45, 2.75) is 38.8 Å². The third-order valence-electron chi connectivity index (χ3n) is 4.67. The van der Waals surface area contributed by atoms with Gasteiger partial charge in [-0.15, -0.1) is 0 Å². The second-order valence-electron chi connectivity index (χ2n) is 6.69. The number of aryl methyl sites for hydroxylation is 2. The van der Waals surface area contributed by atoms with Crippen molar-refractivity contribution in [2.24, 2.45) is 0 Å². The maximum absolute atomic E-state index is 12.8. The van der Waals surface area contributed by atoms with Gasteiger partial charge in [0, 0.05) is 32.3 Å². The smallest absolute Gasteiger partial charge is 0.276 e. The van der Waals surface area contributed by atoms with Crippen LogP contribution in [0.25, 0.3) is 0 Å². The van der Waals surface area contributed by atoms with E-state index in [1.807, 2.05) is 25.2 Å². The summed E-state index contributed by atoms with van der Waals surface area (Å²) in [7, 11) is 3.95. The number of rotatable bonds is 4. The highest BCUT2D eigenvalue weighted by molar-refractivity contribution is 5.97. The Kier molecular flexibility index (Phi) is 4.39. The Balaban J connectivity index is 1.72. The number of carbonyl (C=O) groups excluding carboxylic acids is 2. The molecule has 1 atom stereocenters. The van der Waals surface area contributed by atoms with Crippen LogP contribution in [0.1, 0.15) is 36.1 Å². The summed E-state index contributed by atoms with van der Waals surface area (Å²) in [4.78, 5) is 35.0. The molecule has 3 heterocycles. The first-order valence-corrected chi connectivity index (χ1v) is 8.28. The van der Waals surface area contributed by atoms with Crippen molar-refractivity contribution in [3.63, 3.8) is 0 Å². The lowest BCUT2D eigenvalue weighted by atomic mass is 10.2. The number of amides is 2. The molecule has 2 amide bonds. The van der Waals surface area contributed by atoms with Gasteiger partial charge in [-0.25, -0.2) is 4.98 Å². The lowest BCUT2D eigenvalue weighted by Crippen LogP contribution is -2.36. The zero-order valence-electron chi connectivity index (χ0n) is 14.2. The summed E-state index contributed by atoms with van der Waals surface area (Å²) in [6, 6.07) is -0.414. The Morgan fingerprint density at radius 1 is 1.39 bits per heavy atom. The van der Waals surface area contributed by atoms with Crippen molar-refractivity contribution >= 4 is 11.8 Å². The average molecular weight is 319 g/mol. The molecule has 3 rings (SSSR count). The number of hydrogen-bond acceptors (Lipinski definition) is 4. The maximum atomic E-state index is 12.8. The molecule has 1 saturated heterocycles. The quantitative estimate of drug-likeness (QED) is 0.806. The minimum absolute atomic E-state index is 0.0178. The molecule has 1 aromatic heterocycles. The van der Waals surface area contributed by atoms with E-state index in [0.717, 1.165) is 38.2 Å². The van der Waals surface area contributed by atoms with Gasteiger partial charge in [0.2, 0.25) is 5.91 Å². The van der Waals surface area contributed by atoms with Crippen molar-refractivity contribution in [1.29, 1.82) is 0 Å². The number of aromatic nitrogens is 2. The van der Waals surface area contributed by atoms with Crippen molar-refractivity contribution in [3.8, 4) is 0 Å². The second-order valence-corrected chi connectivity index (χ2v) is 6.69. The minimum Gasteiger partial charge on any atom is -0.334 e. The molecule has 0 radical (unpaired) electrons. The van der Waals surface area contributed by atoms with E-state index in [9.17, 15) is 9.59 Å². The Labute approximate surface area is 136 Å². The highest BCUT2D eigenvalue weighted by Crippen LogP contribution is 2.20. The molecule has 0 bridgehead atoms. The summed E-state index contributed by atoms with van der Waals surface area (Å²) in [5.74, 6) is 0.867. The summed E-state index contributed by atoms with van der Waals surface area (Å²) >= 11 is 0. The summed E-state index contributed by atoms with van der Waals surface area (Å²) in [5, 5.41) is 0. The zero-order chi connectivity index (χ0) is 16.6. The predicted molar refractivity (Wildman–Crippen MR) is 85.9 cm³/mol. The van der Waals surface area contributed by atoms with E-state index in [2.05, 4.69) is 9.55 Å². The summed E-state index contributed by atoms with van der Waals surface area (Å²) in [6.07, 6.45) is 5.03. The molecule has 23 heavy (non-hydrogen) atoms. The van der Waals surface area contributed by atoms with Crippen LogP contribution in [0.3, 0.4) is 0 Å². The molecule has 0 spiro atoms. The Bertz CT molecular complexity index is 586. The van der Waals surface area contributed by atoms with Gasteiger partial charge in [0.25, 0.3) is 5.91 Å². The van der Waals surface area contributed by atoms with Gasteiger partial charge in [-0.2, -0.15) is 0 Å². The van der Waals surface area contributed by atoms with Gasteiger partial charge in [0.1, 0.15) is 17.6 Å². The van der Waals surface area contributed by atoms with E-state index >= 15 is 0 Å². The first kappa shape index (κ1) is 16.0. The van der Waals surface area contributed by atoms with Crippen molar-refractivity contribution in [2.75, 3.05) is 33.9 Å². The van der Waals surface area contributed by atoms with Crippen LogP contribution in [0.15, 0.2) is 6.20 Å². The van der Waals surface area contributed by atoms with Crippen LogP contribution in [0.2, 0.25) is 0 Å². The summed E-state index contributed by atoms with van der Waals surface area (Å²) < 4.78 is 2.07. The number of fused-ring (bicyclic) bond motifs is 1. The predicted octanol–water partition coefficient (Wildman–Crippen LogP) is 0.411. The Hall–Kier alpha value is -1.89. The standard InChI is InChI=1S/C16H25N5O2/c1-12-15(22)20(9-8-18(2)3)11-21(12)16(23)13-10-19-7-5-4-6-14(19)17-13/h10,12H,4-9,11H2,1-3H3. The molecule has 1 unspecified atom stereocenters. The second kappa shape index (κ2) is 6.31. The van der Waals surface area contributed by atoms with Crippen LogP contribution in [-0.2, 0) is 17.8 Å². The van der Waals surface area contributed by atoms with Gasteiger partial charge in [-0.05, 0) is 33.9 Å². The monoisotopic (exact) mass is 319 g/mol. The fraction of sp³-hybridized carbons (Fsp3) is 0.688. The molecule has 0 aliphatic carbocycles. The normalized spacial score (nSPS) is 21.2. The van der Waals surface area contributed by atoms with Gasteiger partial charge >= 0.3 is 0 Å². The fourth-order valence-corrected chi connectivity index (χ4v) is 3.18. The fourth-order valence-electron chi connectivity index (χ4n) is 3.18. The number of carbonyl (C=O) groups is 2. The van der Waals surface area contributed by atoms with Crippen LogP contribution in [0.4, 0.5) is 0 Å². The molecule has 1 aromatic rings. The summed E-state index contributed by atoms with van der Waals surface area (Å²) in [6.45, 7) is 4.51. The molecule has 7 nitrogen and oxygen atoms in total. The van der Waals surface area contributed by atoms with Crippen LogP contribution in [0, 0.1) is 0 Å². The number of nitrogens with zero attached hydrogens (tertiary/aromatic N) is 5. The molecule has 0 aromatic carbocycles. The van der Waals surface area contributed by atoms with Crippen LogP contribution >= 0.6 is 0 Å². The lowest BCUT2D eigenvalue weighted by molar-refractivity contribution is -0.128. The zero-order valence-corrected chi connectivity index (χ0v) is 14.2. The Morgan fingerprint density at radius 3 is 2.87 bits per heavy atom. The molecule has 2 aliphatic heterocycles. The molecule has 0 saturated carbocycles.